The molecule has 0 saturated heterocycles. The Morgan fingerprint density at radius 3 is 2.31 bits per heavy atom. The van der Waals surface area contributed by atoms with Crippen LogP contribution in [-0.2, 0) is 23.9 Å². The first-order chi connectivity index (χ1) is 13.8. The van der Waals surface area contributed by atoms with Crippen molar-refractivity contribution >= 4 is 35.5 Å². The molecule has 1 aromatic carbocycles. The highest BCUT2D eigenvalue weighted by Gasteiger charge is 2.40. The number of hydrogen-bond acceptors (Lipinski definition) is 8. The van der Waals surface area contributed by atoms with Crippen molar-refractivity contribution in [3.05, 3.63) is 61.4 Å². The molecule has 1 atom stereocenters. The summed E-state index contributed by atoms with van der Waals surface area (Å²) in [4.78, 5) is 47.6. The smallest absolute Gasteiger partial charge is 0.337 e. The number of nitro groups is 1. The Morgan fingerprint density at radius 1 is 1.21 bits per heavy atom. The minimum Gasteiger partial charge on any atom is -0.463 e. The predicted octanol–water partition coefficient (Wildman–Crippen LogP) is 2.79. The normalized spacial score (nSPS) is 16.2. The van der Waals surface area contributed by atoms with Crippen LogP contribution in [0.1, 0.15) is 32.3 Å². The SMILES string of the molecule is CCOC(=O)C1=C(C)NC(C=O)=C(C(=O)OCC)C1c1cc([N+](=O)[O-])ccc1Cl. The summed E-state index contributed by atoms with van der Waals surface area (Å²) in [6.45, 7) is 4.79. The maximum atomic E-state index is 12.7. The fourth-order valence-corrected chi connectivity index (χ4v) is 3.27. The summed E-state index contributed by atoms with van der Waals surface area (Å²) in [5.74, 6) is -2.80. The topological polar surface area (TPSA) is 125 Å². The molecule has 29 heavy (non-hydrogen) atoms. The van der Waals surface area contributed by atoms with E-state index < -0.39 is 22.8 Å². The fourth-order valence-electron chi connectivity index (χ4n) is 3.04. The quantitative estimate of drug-likeness (QED) is 0.308. The highest BCUT2D eigenvalue weighted by molar-refractivity contribution is 6.31. The lowest BCUT2D eigenvalue weighted by Crippen LogP contribution is -2.34. The number of nitrogens with zero attached hydrogens (tertiary/aromatic N) is 1. The molecule has 1 aliphatic rings. The van der Waals surface area contributed by atoms with Gasteiger partial charge in [0.25, 0.3) is 5.69 Å². The third-order valence-corrected chi connectivity index (χ3v) is 4.55. The number of non-ortho nitro benzene ring substituents is 1. The molecule has 154 valence electrons. The molecule has 0 bridgehead atoms. The highest BCUT2D eigenvalue weighted by atomic mass is 35.5. The number of hydrogen-bond donors (Lipinski definition) is 1. The van der Waals surface area contributed by atoms with Crippen molar-refractivity contribution in [1.29, 1.82) is 0 Å². The number of allylic oxidation sites excluding steroid dienone is 2. The summed E-state index contributed by atoms with van der Waals surface area (Å²) in [7, 11) is 0. The van der Waals surface area contributed by atoms with Crippen molar-refractivity contribution in [2.75, 3.05) is 13.2 Å². The van der Waals surface area contributed by atoms with E-state index in [0.29, 0.717) is 6.29 Å². The van der Waals surface area contributed by atoms with E-state index in [0.717, 1.165) is 6.07 Å². The fraction of sp³-hybridized carbons (Fsp3) is 0.316. The third kappa shape index (κ3) is 4.45. The van der Waals surface area contributed by atoms with E-state index in [2.05, 4.69) is 5.32 Å². The molecule has 1 aliphatic heterocycles. The van der Waals surface area contributed by atoms with Crippen LogP contribution in [0.5, 0.6) is 0 Å². The number of carbonyl (C=O) groups is 3. The molecule has 1 unspecified atom stereocenters. The number of carbonyl (C=O) groups excluding carboxylic acids is 3. The number of nitro benzene ring substituents is 1. The zero-order valence-corrected chi connectivity index (χ0v) is 16.7. The predicted molar refractivity (Wildman–Crippen MR) is 103 cm³/mol. The van der Waals surface area contributed by atoms with Crippen molar-refractivity contribution in [3.63, 3.8) is 0 Å². The molecule has 10 heteroatoms. The number of benzene rings is 1. The van der Waals surface area contributed by atoms with Crippen LogP contribution in [-0.4, -0.2) is 36.4 Å². The summed E-state index contributed by atoms with van der Waals surface area (Å²) < 4.78 is 10.2. The molecule has 0 saturated carbocycles. The Bertz CT molecular complexity index is 936. The molecule has 1 N–H and O–H groups in total. The number of halogens is 1. The van der Waals surface area contributed by atoms with Gasteiger partial charge in [-0.15, -0.1) is 0 Å². The van der Waals surface area contributed by atoms with Gasteiger partial charge >= 0.3 is 11.9 Å². The van der Waals surface area contributed by atoms with Gasteiger partial charge in [0.15, 0.2) is 6.29 Å². The summed E-state index contributed by atoms with van der Waals surface area (Å²) in [5, 5.41) is 14.0. The van der Waals surface area contributed by atoms with Crippen molar-refractivity contribution in [2.45, 2.75) is 26.7 Å². The maximum absolute atomic E-state index is 12.7. The van der Waals surface area contributed by atoms with Crippen LogP contribution in [0.25, 0.3) is 0 Å². The van der Waals surface area contributed by atoms with Crippen LogP contribution in [0.15, 0.2) is 40.7 Å². The molecular weight excluding hydrogens is 404 g/mol. The van der Waals surface area contributed by atoms with Crippen LogP contribution < -0.4 is 5.32 Å². The molecule has 0 fully saturated rings. The van der Waals surface area contributed by atoms with E-state index in [1.807, 2.05) is 0 Å². The zero-order chi connectivity index (χ0) is 21.7. The van der Waals surface area contributed by atoms with E-state index >= 15 is 0 Å². The average Bonchev–Trinajstić information content (AvgIpc) is 2.67. The van der Waals surface area contributed by atoms with Crippen LogP contribution in [0, 0.1) is 10.1 Å². The maximum Gasteiger partial charge on any atom is 0.337 e. The van der Waals surface area contributed by atoms with Crippen molar-refractivity contribution in [2.24, 2.45) is 0 Å². The minimum atomic E-state index is -1.19. The lowest BCUT2D eigenvalue weighted by molar-refractivity contribution is -0.384. The Hall–Kier alpha value is -3.20. The Morgan fingerprint density at radius 2 is 1.79 bits per heavy atom. The van der Waals surface area contributed by atoms with E-state index in [-0.39, 0.29) is 52.0 Å². The van der Waals surface area contributed by atoms with Gasteiger partial charge in [-0.2, -0.15) is 0 Å². The molecule has 1 aromatic rings. The van der Waals surface area contributed by atoms with Crippen LogP contribution >= 0.6 is 11.6 Å². The number of esters is 2. The number of aldehydes is 1. The van der Waals surface area contributed by atoms with E-state index in [4.69, 9.17) is 21.1 Å². The van der Waals surface area contributed by atoms with Gasteiger partial charge in [-0.05, 0) is 32.4 Å². The second-order valence-corrected chi connectivity index (χ2v) is 6.35. The third-order valence-electron chi connectivity index (χ3n) is 4.20. The number of dihydropyridines is 1. The first-order valence-electron chi connectivity index (χ1n) is 8.71. The summed E-state index contributed by atoms with van der Waals surface area (Å²) >= 11 is 6.29. The number of nitrogens with one attached hydrogen (secondary N) is 1. The van der Waals surface area contributed by atoms with Gasteiger partial charge in [-0.25, -0.2) is 9.59 Å². The molecular formula is C19H19ClN2O7. The van der Waals surface area contributed by atoms with E-state index in [1.165, 1.54) is 19.1 Å². The van der Waals surface area contributed by atoms with Gasteiger partial charge in [-0.1, -0.05) is 11.6 Å². The molecule has 1 heterocycles. The molecule has 0 radical (unpaired) electrons. The monoisotopic (exact) mass is 422 g/mol. The van der Waals surface area contributed by atoms with Crippen LogP contribution in [0.2, 0.25) is 5.02 Å². The summed E-state index contributed by atoms with van der Waals surface area (Å²) in [6.07, 6.45) is 0.413. The standard InChI is InChI=1S/C19H19ClN2O7/c1-4-28-18(24)15-10(3)21-14(9-23)17(19(25)29-5-2)16(15)12-8-11(22(26)27)6-7-13(12)20/h6-9,16,21H,4-5H2,1-3H3. The summed E-state index contributed by atoms with van der Waals surface area (Å²) in [5.41, 5.74) is -0.236. The zero-order valence-electron chi connectivity index (χ0n) is 16.0. The number of ether oxygens (including phenoxy) is 2. The minimum absolute atomic E-state index is 0.00269. The average molecular weight is 423 g/mol. The first-order valence-corrected chi connectivity index (χ1v) is 9.09. The van der Waals surface area contributed by atoms with Gasteiger partial charge in [0.2, 0.25) is 0 Å². The molecule has 9 nitrogen and oxygen atoms in total. The lowest BCUT2D eigenvalue weighted by Gasteiger charge is -2.30. The largest absolute Gasteiger partial charge is 0.463 e. The van der Waals surface area contributed by atoms with E-state index in [9.17, 15) is 24.5 Å². The van der Waals surface area contributed by atoms with Crippen LogP contribution in [0.4, 0.5) is 5.69 Å². The van der Waals surface area contributed by atoms with Gasteiger partial charge < -0.3 is 14.8 Å². The molecule has 2 rings (SSSR count). The molecule has 0 aromatic heterocycles. The molecule has 0 amide bonds. The highest BCUT2D eigenvalue weighted by Crippen LogP contribution is 2.42. The van der Waals surface area contributed by atoms with Gasteiger partial charge in [0.05, 0.1) is 40.9 Å². The van der Waals surface area contributed by atoms with E-state index in [1.54, 1.807) is 13.8 Å². The van der Waals surface area contributed by atoms with Crippen LogP contribution in [0.3, 0.4) is 0 Å². The van der Waals surface area contributed by atoms with Crippen molar-refractivity contribution in [1.82, 2.24) is 5.32 Å². The second-order valence-electron chi connectivity index (χ2n) is 5.95. The lowest BCUT2D eigenvalue weighted by atomic mass is 9.80. The number of rotatable bonds is 7. The van der Waals surface area contributed by atoms with Crippen molar-refractivity contribution < 1.29 is 28.8 Å². The second kappa shape index (κ2) is 9.33. The Labute approximate surface area is 171 Å². The Kier molecular flexibility index (Phi) is 7.11. The van der Waals surface area contributed by atoms with Gasteiger partial charge in [0.1, 0.15) is 0 Å². The molecule has 0 spiro atoms. The van der Waals surface area contributed by atoms with Crippen molar-refractivity contribution in [3.8, 4) is 0 Å². The first kappa shape index (κ1) is 22.1. The van der Waals surface area contributed by atoms with Gasteiger partial charge in [0, 0.05) is 22.9 Å². The molecule has 0 aliphatic carbocycles. The summed E-state index contributed by atoms with van der Waals surface area (Å²) in [6, 6.07) is 3.65. The Balaban J connectivity index is 2.83. The van der Waals surface area contributed by atoms with Gasteiger partial charge in [-0.3, -0.25) is 14.9 Å².